The average Bonchev–Trinajstić information content (AvgIpc) is 2.58. The summed E-state index contributed by atoms with van der Waals surface area (Å²) in [6.45, 7) is 1.72. The Kier molecular flexibility index (Phi) is 6.97. The summed E-state index contributed by atoms with van der Waals surface area (Å²) < 4.78 is 31.2. The van der Waals surface area contributed by atoms with Gasteiger partial charge >= 0.3 is 0 Å². The molecule has 2 rings (SSSR count). The highest BCUT2D eigenvalue weighted by Crippen LogP contribution is 2.30. The first-order valence-corrected chi connectivity index (χ1v) is 10.7. The van der Waals surface area contributed by atoms with Gasteiger partial charge in [-0.3, -0.25) is 9.10 Å². The fourth-order valence-electron chi connectivity index (χ4n) is 2.67. The summed E-state index contributed by atoms with van der Waals surface area (Å²) in [5.41, 5.74) is 0.665. The Bertz CT molecular complexity index is 935. The fraction of sp³-hybridized carbons (Fsp3) is 0.278. The zero-order chi connectivity index (χ0) is 20.2. The highest BCUT2D eigenvalue weighted by Gasteiger charge is 2.32. The van der Waals surface area contributed by atoms with E-state index in [0.717, 1.165) is 10.6 Å². The summed E-state index contributed by atoms with van der Waals surface area (Å²) in [6, 6.07) is 10.1. The Balaban J connectivity index is 2.42. The molecule has 1 atom stereocenters. The molecule has 0 saturated carbocycles. The first kappa shape index (κ1) is 21.3. The van der Waals surface area contributed by atoms with Gasteiger partial charge in [0.05, 0.1) is 24.7 Å². The van der Waals surface area contributed by atoms with Gasteiger partial charge in [0, 0.05) is 10.0 Å². The fourth-order valence-corrected chi connectivity index (χ4v) is 4.23. The molecule has 1 amide bonds. The SMILES string of the molecule is CCC(C(=O)Nc1cc(Cl)ccc1OC)N(c1cccc(Cl)c1)S(C)(=O)=O. The van der Waals surface area contributed by atoms with Gasteiger partial charge in [-0.2, -0.15) is 0 Å². The summed E-state index contributed by atoms with van der Waals surface area (Å²) in [5.74, 6) is -0.0975. The lowest BCUT2D eigenvalue weighted by Crippen LogP contribution is -2.47. The number of rotatable bonds is 7. The van der Waals surface area contributed by atoms with Crippen molar-refractivity contribution in [2.24, 2.45) is 0 Å². The monoisotopic (exact) mass is 430 g/mol. The van der Waals surface area contributed by atoms with Crippen LogP contribution in [0.5, 0.6) is 5.75 Å². The van der Waals surface area contributed by atoms with Crippen molar-refractivity contribution in [1.29, 1.82) is 0 Å². The lowest BCUT2D eigenvalue weighted by molar-refractivity contribution is -0.117. The minimum Gasteiger partial charge on any atom is -0.495 e. The number of carbonyl (C=O) groups excluding carboxylic acids is 1. The van der Waals surface area contributed by atoms with Crippen molar-refractivity contribution in [3.05, 3.63) is 52.5 Å². The van der Waals surface area contributed by atoms with Crippen molar-refractivity contribution in [1.82, 2.24) is 0 Å². The third-order valence-corrected chi connectivity index (χ3v) is 5.46. The molecule has 0 aromatic heterocycles. The van der Waals surface area contributed by atoms with E-state index in [2.05, 4.69) is 5.32 Å². The molecule has 0 fully saturated rings. The summed E-state index contributed by atoms with van der Waals surface area (Å²) >= 11 is 12.0. The molecule has 0 saturated heterocycles. The minimum absolute atomic E-state index is 0.244. The van der Waals surface area contributed by atoms with Gasteiger partial charge < -0.3 is 10.1 Å². The normalized spacial score (nSPS) is 12.3. The van der Waals surface area contributed by atoms with Gasteiger partial charge in [0.2, 0.25) is 15.9 Å². The Labute approximate surface area is 169 Å². The van der Waals surface area contributed by atoms with Gasteiger partial charge in [0.1, 0.15) is 11.8 Å². The van der Waals surface area contributed by atoms with E-state index in [4.69, 9.17) is 27.9 Å². The summed E-state index contributed by atoms with van der Waals surface area (Å²) in [5, 5.41) is 3.48. The maximum Gasteiger partial charge on any atom is 0.248 e. The number of anilines is 2. The van der Waals surface area contributed by atoms with Crippen LogP contribution >= 0.6 is 23.2 Å². The number of hydrogen-bond donors (Lipinski definition) is 1. The highest BCUT2D eigenvalue weighted by molar-refractivity contribution is 7.92. The van der Waals surface area contributed by atoms with Gasteiger partial charge in [-0.25, -0.2) is 8.42 Å². The average molecular weight is 431 g/mol. The zero-order valence-electron chi connectivity index (χ0n) is 15.1. The Morgan fingerprint density at radius 2 is 1.85 bits per heavy atom. The number of methoxy groups -OCH3 is 1. The van der Waals surface area contributed by atoms with Crippen LogP contribution in [0, 0.1) is 0 Å². The molecule has 1 N–H and O–H groups in total. The van der Waals surface area contributed by atoms with E-state index in [0.29, 0.717) is 27.2 Å². The van der Waals surface area contributed by atoms with Gasteiger partial charge in [-0.15, -0.1) is 0 Å². The molecular formula is C18H20Cl2N2O4S. The van der Waals surface area contributed by atoms with Crippen molar-refractivity contribution >= 4 is 50.5 Å². The number of sulfonamides is 1. The van der Waals surface area contributed by atoms with E-state index in [9.17, 15) is 13.2 Å². The maximum atomic E-state index is 12.9. The maximum absolute atomic E-state index is 12.9. The quantitative estimate of drug-likeness (QED) is 0.714. The van der Waals surface area contributed by atoms with Crippen LogP contribution in [0.3, 0.4) is 0 Å². The number of halogens is 2. The van der Waals surface area contributed by atoms with Crippen LogP contribution in [0.1, 0.15) is 13.3 Å². The van der Waals surface area contributed by atoms with Crippen LogP contribution in [0.25, 0.3) is 0 Å². The number of ether oxygens (including phenoxy) is 1. The molecule has 2 aromatic carbocycles. The predicted octanol–water partition coefficient (Wildman–Crippen LogP) is 4.19. The molecular weight excluding hydrogens is 411 g/mol. The number of benzene rings is 2. The van der Waals surface area contributed by atoms with Gasteiger partial charge in [0.25, 0.3) is 0 Å². The molecule has 2 aromatic rings. The second-order valence-corrected chi connectivity index (χ2v) is 8.53. The second kappa shape index (κ2) is 8.82. The van der Waals surface area contributed by atoms with Crippen molar-refractivity contribution in [3.8, 4) is 5.75 Å². The van der Waals surface area contributed by atoms with Gasteiger partial charge in [0.15, 0.2) is 0 Å². The summed E-state index contributed by atoms with van der Waals surface area (Å²) in [4.78, 5) is 12.9. The summed E-state index contributed by atoms with van der Waals surface area (Å²) in [6.07, 6.45) is 1.29. The topological polar surface area (TPSA) is 75.7 Å². The molecule has 0 aliphatic carbocycles. The van der Waals surface area contributed by atoms with Crippen LogP contribution in [-0.4, -0.2) is 33.7 Å². The molecule has 27 heavy (non-hydrogen) atoms. The van der Waals surface area contributed by atoms with E-state index in [1.165, 1.54) is 19.2 Å². The number of amides is 1. The molecule has 1 unspecified atom stereocenters. The third kappa shape index (κ3) is 5.28. The molecule has 146 valence electrons. The lowest BCUT2D eigenvalue weighted by Gasteiger charge is -2.30. The first-order valence-electron chi connectivity index (χ1n) is 8.06. The Morgan fingerprint density at radius 1 is 1.19 bits per heavy atom. The summed E-state index contributed by atoms with van der Waals surface area (Å²) in [7, 11) is -2.29. The van der Waals surface area contributed by atoms with E-state index in [-0.39, 0.29) is 6.42 Å². The second-order valence-electron chi connectivity index (χ2n) is 5.80. The van der Waals surface area contributed by atoms with Crippen LogP contribution in [0.2, 0.25) is 10.0 Å². The third-order valence-electron chi connectivity index (χ3n) is 3.81. The smallest absolute Gasteiger partial charge is 0.248 e. The molecule has 0 aliphatic heterocycles. The van der Waals surface area contributed by atoms with Crippen molar-refractivity contribution < 1.29 is 17.9 Å². The van der Waals surface area contributed by atoms with E-state index in [1.54, 1.807) is 37.3 Å². The largest absolute Gasteiger partial charge is 0.495 e. The molecule has 0 radical (unpaired) electrons. The van der Waals surface area contributed by atoms with Crippen LogP contribution in [0.15, 0.2) is 42.5 Å². The molecule has 0 spiro atoms. The van der Waals surface area contributed by atoms with Crippen molar-refractivity contribution in [2.45, 2.75) is 19.4 Å². The first-order chi connectivity index (χ1) is 12.7. The number of carbonyl (C=O) groups is 1. The molecule has 0 bridgehead atoms. The standard InChI is InChI=1S/C18H20Cl2N2O4S/c1-4-16(18(23)21-15-11-13(20)8-9-17(15)26-2)22(27(3,24)25)14-7-5-6-12(19)10-14/h5-11,16H,4H2,1-3H3,(H,21,23). The van der Waals surface area contributed by atoms with Gasteiger partial charge in [-0.05, 0) is 42.8 Å². The van der Waals surface area contributed by atoms with Crippen LogP contribution in [-0.2, 0) is 14.8 Å². The molecule has 9 heteroatoms. The van der Waals surface area contributed by atoms with Crippen molar-refractivity contribution in [2.75, 3.05) is 23.0 Å². The van der Waals surface area contributed by atoms with E-state index in [1.807, 2.05) is 0 Å². The van der Waals surface area contributed by atoms with E-state index < -0.39 is 22.0 Å². The minimum atomic E-state index is -3.75. The molecule has 6 nitrogen and oxygen atoms in total. The number of hydrogen-bond acceptors (Lipinski definition) is 4. The van der Waals surface area contributed by atoms with Crippen molar-refractivity contribution in [3.63, 3.8) is 0 Å². The Hall–Kier alpha value is -1.96. The van der Waals surface area contributed by atoms with Gasteiger partial charge in [-0.1, -0.05) is 36.2 Å². The van der Waals surface area contributed by atoms with Crippen LogP contribution in [0.4, 0.5) is 11.4 Å². The highest BCUT2D eigenvalue weighted by atomic mass is 35.5. The lowest BCUT2D eigenvalue weighted by atomic mass is 10.1. The Morgan fingerprint density at radius 3 is 2.41 bits per heavy atom. The zero-order valence-corrected chi connectivity index (χ0v) is 17.4. The molecule has 0 aliphatic rings. The number of nitrogens with zero attached hydrogens (tertiary/aromatic N) is 1. The van der Waals surface area contributed by atoms with Crippen LogP contribution < -0.4 is 14.4 Å². The molecule has 0 heterocycles. The predicted molar refractivity (Wildman–Crippen MR) is 109 cm³/mol. The number of nitrogens with one attached hydrogen (secondary N) is 1. The van der Waals surface area contributed by atoms with E-state index >= 15 is 0 Å².